The lowest BCUT2D eigenvalue weighted by Gasteiger charge is -2.14. The van der Waals surface area contributed by atoms with E-state index in [-0.39, 0.29) is 0 Å². The first-order chi connectivity index (χ1) is 15.0. The van der Waals surface area contributed by atoms with Gasteiger partial charge < -0.3 is 10.1 Å². The van der Waals surface area contributed by atoms with Crippen LogP contribution in [0, 0.1) is 20.8 Å². The third kappa shape index (κ3) is 7.08. The number of aryl methyl sites for hydroxylation is 2. The summed E-state index contributed by atoms with van der Waals surface area (Å²) in [7, 11) is 0. The van der Waals surface area contributed by atoms with Gasteiger partial charge in [-0.15, -0.1) is 0 Å². The monoisotopic (exact) mass is 457 g/mol. The van der Waals surface area contributed by atoms with Crippen LogP contribution in [0.5, 0.6) is 5.75 Å². The van der Waals surface area contributed by atoms with Gasteiger partial charge in [0, 0.05) is 29.9 Å². The van der Waals surface area contributed by atoms with Crippen LogP contribution in [-0.4, -0.2) is 32.3 Å². The summed E-state index contributed by atoms with van der Waals surface area (Å²) < 4.78 is 6.02. The Hall–Kier alpha value is -2.38. The molecule has 6 nitrogen and oxygen atoms in total. The third-order valence-corrected chi connectivity index (χ3v) is 6.31. The van der Waals surface area contributed by atoms with E-state index in [0.717, 1.165) is 47.0 Å². The molecule has 0 fully saturated rings. The fourth-order valence-electron chi connectivity index (χ4n) is 3.04. The molecule has 164 valence electrons. The van der Waals surface area contributed by atoms with E-state index in [0.29, 0.717) is 29.8 Å². The zero-order valence-electron chi connectivity index (χ0n) is 18.2. The van der Waals surface area contributed by atoms with Crippen molar-refractivity contribution in [3.63, 3.8) is 0 Å². The molecule has 1 N–H and O–H groups in total. The van der Waals surface area contributed by atoms with Crippen LogP contribution < -0.4 is 10.1 Å². The summed E-state index contributed by atoms with van der Waals surface area (Å²) in [4.78, 5) is 17.3. The first kappa shape index (κ1) is 23.3. The lowest BCUT2D eigenvalue weighted by atomic mass is 10.2. The number of anilines is 1. The predicted molar refractivity (Wildman–Crippen MR) is 128 cm³/mol. The van der Waals surface area contributed by atoms with Crippen molar-refractivity contribution in [2.75, 3.05) is 17.7 Å². The van der Waals surface area contributed by atoms with Crippen LogP contribution in [-0.2, 0) is 12.3 Å². The predicted octanol–water partition coefficient (Wildman–Crippen LogP) is 5.55. The van der Waals surface area contributed by atoms with E-state index in [4.69, 9.17) is 16.3 Å². The second kappa shape index (κ2) is 11.9. The summed E-state index contributed by atoms with van der Waals surface area (Å²) in [5.41, 5.74) is 3.97. The van der Waals surface area contributed by atoms with Gasteiger partial charge in [0.05, 0.1) is 24.5 Å². The number of aromatic nitrogens is 4. The van der Waals surface area contributed by atoms with Crippen molar-refractivity contribution in [3.05, 3.63) is 70.2 Å². The molecule has 0 atom stereocenters. The molecule has 31 heavy (non-hydrogen) atoms. The summed E-state index contributed by atoms with van der Waals surface area (Å²) in [5.74, 6) is 4.30. The number of pyridine rings is 2. The Bertz CT molecular complexity index is 987. The van der Waals surface area contributed by atoms with E-state index in [1.807, 2.05) is 50.9 Å². The van der Waals surface area contributed by atoms with Gasteiger partial charge in [-0.25, -0.2) is 9.97 Å². The number of ether oxygens (including phenoxy) is 1. The molecule has 8 heteroatoms. The first-order valence-electron chi connectivity index (χ1n) is 10.3. The number of nitrogens with zero attached hydrogens (tertiary/aromatic N) is 4. The molecule has 0 bridgehead atoms. The van der Waals surface area contributed by atoms with Gasteiger partial charge in [0.1, 0.15) is 22.4 Å². The fraction of sp³-hybridized carbons (Fsp3) is 0.391. The maximum absolute atomic E-state index is 6.32. The van der Waals surface area contributed by atoms with Crippen molar-refractivity contribution in [2.45, 2.75) is 45.9 Å². The molecule has 3 aromatic rings. The van der Waals surface area contributed by atoms with Crippen molar-refractivity contribution in [2.24, 2.45) is 0 Å². The molecule has 3 aromatic heterocycles. The van der Waals surface area contributed by atoms with Gasteiger partial charge in [-0.05, 0) is 57.1 Å². The van der Waals surface area contributed by atoms with Crippen molar-refractivity contribution in [1.82, 2.24) is 19.9 Å². The summed E-state index contributed by atoms with van der Waals surface area (Å²) >= 11 is 8.25. The second-order valence-corrected chi connectivity index (χ2v) is 8.71. The number of nitrogens with one attached hydrogen (secondary N) is 1. The number of hydrogen-bond acceptors (Lipinski definition) is 7. The molecular formula is C23H28ClN5OS. The molecule has 0 aliphatic rings. The van der Waals surface area contributed by atoms with Gasteiger partial charge in [-0.3, -0.25) is 9.97 Å². The Morgan fingerprint density at radius 3 is 2.77 bits per heavy atom. The SMILES string of the molecule is Cc1nc(C)c(Cl)c(NCc2nccc(OCCCCSCc3cccnc3)c2C)n1. The molecule has 3 heterocycles. The van der Waals surface area contributed by atoms with Crippen LogP contribution in [0.1, 0.15) is 41.2 Å². The Morgan fingerprint density at radius 2 is 1.97 bits per heavy atom. The molecular weight excluding hydrogens is 430 g/mol. The number of rotatable bonds is 11. The molecule has 0 spiro atoms. The highest BCUT2D eigenvalue weighted by Crippen LogP contribution is 2.25. The minimum absolute atomic E-state index is 0.517. The minimum atomic E-state index is 0.517. The van der Waals surface area contributed by atoms with Crippen LogP contribution in [0.3, 0.4) is 0 Å². The topological polar surface area (TPSA) is 72.8 Å². The molecule has 0 saturated heterocycles. The normalized spacial score (nSPS) is 10.8. The smallest absolute Gasteiger partial charge is 0.149 e. The highest BCUT2D eigenvalue weighted by atomic mass is 35.5. The zero-order chi connectivity index (χ0) is 22.1. The van der Waals surface area contributed by atoms with Gasteiger partial charge in [0.2, 0.25) is 0 Å². The quantitative estimate of drug-likeness (QED) is 0.378. The van der Waals surface area contributed by atoms with Gasteiger partial charge >= 0.3 is 0 Å². The molecule has 3 rings (SSSR count). The maximum atomic E-state index is 6.32. The van der Waals surface area contributed by atoms with Crippen LogP contribution in [0.2, 0.25) is 5.02 Å². The average molecular weight is 458 g/mol. The molecule has 0 aromatic carbocycles. The Labute approximate surface area is 193 Å². The van der Waals surface area contributed by atoms with Crippen LogP contribution >= 0.6 is 23.4 Å². The molecule has 0 saturated carbocycles. The van der Waals surface area contributed by atoms with Gasteiger partial charge in [0.15, 0.2) is 0 Å². The third-order valence-electron chi connectivity index (χ3n) is 4.74. The highest BCUT2D eigenvalue weighted by molar-refractivity contribution is 7.98. The summed E-state index contributed by atoms with van der Waals surface area (Å²) in [6.07, 6.45) is 7.65. The van der Waals surface area contributed by atoms with E-state index in [1.54, 1.807) is 12.4 Å². The summed E-state index contributed by atoms with van der Waals surface area (Å²) in [5, 5.41) is 3.81. The lowest BCUT2D eigenvalue weighted by Crippen LogP contribution is -2.09. The second-order valence-electron chi connectivity index (χ2n) is 7.22. The number of unbranched alkanes of at least 4 members (excludes halogenated alkanes) is 1. The fourth-order valence-corrected chi connectivity index (χ4v) is 4.15. The number of thioether (sulfide) groups is 1. The lowest BCUT2D eigenvalue weighted by molar-refractivity contribution is 0.307. The van der Waals surface area contributed by atoms with E-state index in [9.17, 15) is 0 Å². The molecule has 0 amide bonds. The van der Waals surface area contributed by atoms with Crippen LogP contribution in [0.4, 0.5) is 5.82 Å². The molecule has 0 aliphatic carbocycles. The summed E-state index contributed by atoms with van der Waals surface area (Å²) in [6, 6.07) is 6.01. The van der Waals surface area contributed by atoms with E-state index >= 15 is 0 Å². The standard InChI is InChI=1S/C23H28ClN5OS/c1-16-20(14-27-23-22(24)17(2)28-18(3)29-23)26-10-8-21(16)30-11-4-5-12-31-15-19-7-6-9-25-13-19/h6-10,13H,4-5,11-12,14-15H2,1-3H3,(H,27,28,29). The van der Waals surface area contributed by atoms with E-state index < -0.39 is 0 Å². The Kier molecular flexibility index (Phi) is 8.91. The Morgan fingerprint density at radius 1 is 1.10 bits per heavy atom. The largest absolute Gasteiger partial charge is 0.493 e. The maximum Gasteiger partial charge on any atom is 0.149 e. The van der Waals surface area contributed by atoms with Gasteiger partial charge in [-0.2, -0.15) is 11.8 Å². The van der Waals surface area contributed by atoms with Crippen molar-refractivity contribution < 1.29 is 4.74 Å². The summed E-state index contributed by atoms with van der Waals surface area (Å²) in [6.45, 7) is 6.97. The average Bonchev–Trinajstić information content (AvgIpc) is 2.77. The molecule has 0 unspecified atom stereocenters. The van der Waals surface area contributed by atoms with Crippen molar-refractivity contribution in [3.8, 4) is 5.75 Å². The first-order valence-corrected chi connectivity index (χ1v) is 11.9. The highest BCUT2D eigenvalue weighted by Gasteiger charge is 2.11. The van der Waals surface area contributed by atoms with Crippen LogP contribution in [0.15, 0.2) is 36.8 Å². The van der Waals surface area contributed by atoms with Crippen molar-refractivity contribution in [1.29, 1.82) is 0 Å². The van der Waals surface area contributed by atoms with E-state index in [2.05, 4.69) is 31.3 Å². The zero-order valence-corrected chi connectivity index (χ0v) is 19.8. The number of hydrogen-bond donors (Lipinski definition) is 1. The molecule has 0 radical (unpaired) electrons. The van der Waals surface area contributed by atoms with Crippen LogP contribution in [0.25, 0.3) is 0 Å². The van der Waals surface area contributed by atoms with Gasteiger partial charge in [0.25, 0.3) is 0 Å². The number of halogens is 1. The van der Waals surface area contributed by atoms with E-state index in [1.165, 1.54) is 5.56 Å². The minimum Gasteiger partial charge on any atom is -0.493 e. The Balaban J connectivity index is 1.43. The van der Waals surface area contributed by atoms with Gasteiger partial charge in [-0.1, -0.05) is 17.7 Å². The van der Waals surface area contributed by atoms with Crippen molar-refractivity contribution >= 4 is 29.2 Å². The molecule has 0 aliphatic heterocycles.